The van der Waals surface area contributed by atoms with Gasteiger partial charge in [0.2, 0.25) is 5.91 Å². The number of ketones is 1. The lowest BCUT2D eigenvalue weighted by Crippen LogP contribution is -2.45. The van der Waals surface area contributed by atoms with E-state index in [-0.39, 0.29) is 5.78 Å². The Morgan fingerprint density at radius 1 is 0.958 bits per heavy atom. The second kappa shape index (κ2) is 6.08. The molecule has 6 nitrogen and oxygen atoms in total. The van der Waals surface area contributed by atoms with Crippen LogP contribution in [-0.2, 0) is 9.59 Å². The van der Waals surface area contributed by atoms with Crippen LogP contribution in [0, 0.1) is 0 Å². The van der Waals surface area contributed by atoms with Crippen LogP contribution in [0.2, 0.25) is 0 Å². The van der Waals surface area contributed by atoms with E-state index in [0.717, 1.165) is 4.90 Å². The predicted octanol–water partition coefficient (Wildman–Crippen LogP) is 2.26. The summed E-state index contributed by atoms with van der Waals surface area (Å²) >= 11 is 0. The smallest absolute Gasteiger partial charge is 0.299 e. The van der Waals surface area contributed by atoms with E-state index in [1.165, 1.54) is 6.92 Å². The summed E-state index contributed by atoms with van der Waals surface area (Å²) in [5, 5.41) is 2.18. The number of anilines is 1. The summed E-state index contributed by atoms with van der Waals surface area (Å²) in [4.78, 5) is 49.7. The molecule has 2 aromatic carbocycles. The highest BCUT2D eigenvalue weighted by Gasteiger charge is 2.43. The number of carbonyl (C=O) groups is 4. The molecule has 1 aliphatic heterocycles. The third kappa shape index (κ3) is 2.58. The number of nitrogens with zero attached hydrogens (tertiary/aromatic N) is 1. The minimum Gasteiger partial charge on any atom is -0.299 e. The first-order valence-electron chi connectivity index (χ1n) is 7.34. The number of urea groups is 1. The van der Waals surface area contributed by atoms with Gasteiger partial charge in [0.05, 0.1) is 5.69 Å². The minimum absolute atomic E-state index is 0.300. The van der Waals surface area contributed by atoms with E-state index in [9.17, 15) is 19.2 Å². The van der Waals surface area contributed by atoms with Gasteiger partial charge >= 0.3 is 6.03 Å². The number of hydrogen-bond donors (Lipinski definition) is 1. The summed E-state index contributed by atoms with van der Waals surface area (Å²) in [6, 6.07) is 13.9. The van der Waals surface area contributed by atoms with E-state index in [0.29, 0.717) is 16.8 Å². The van der Waals surface area contributed by atoms with Gasteiger partial charge in [-0.2, -0.15) is 0 Å². The van der Waals surface area contributed by atoms with Crippen molar-refractivity contribution in [3.63, 3.8) is 0 Å². The summed E-state index contributed by atoms with van der Waals surface area (Å²) in [6.07, 6.45) is 0. The van der Waals surface area contributed by atoms with Crippen LogP contribution < -0.4 is 10.2 Å². The van der Waals surface area contributed by atoms with Crippen LogP contribution in [0.4, 0.5) is 10.5 Å². The number of amides is 4. The highest BCUT2D eigenvalue weighted by Crippen LogP contribution is 2.37. The van der Waals surface area contributed by atoms with Gasteiger partial charge in [0, 0.05) is 5.56 Å². The molecule has 4 amide bonds. The zero-order chi connectivity index (χ0) is 17.3. The Balaban J connectivity index is 1.89. The van der Waals surface area contributed by atoms with Crippen molar-refractivity contribution < 1.29 is 19.2 Å². The predicted molar refractivity (Wildman–Crippen MR) is 86.7 cm³/mol. The zero-order valence-electron chi connectivity index (χ0n) is 12.9. The Bertz CT molecular complexity index is 845. The number of hydrogen-bond acceptors (Lipinski definition) is 4. The highest BCUT2D eigenvalue weighted by molar-refractivity contribution is 6.29. The first kappa shape index (κ1) is 15.6. The molecule has 1 atom stereocenters. The largest absolute Gasteiger partial charge is 0.335 e. The molecule has 1 N–H and O–H groups in total. The molecule has 0 saturated carbocycles. The number of fused-ring (bicyclic) bond motifs is 1. The van der Waals surface area contributed by atoms with E-state index in [2.05, 4.69) is 5.32 Å². The second-order valence-corrected chi connectivity index (χ2v) is 5.40. The molecule has 1 aliphatic rings. The van der Waals surface area contributed by atoms with E-state index >= 15 is 0 Å². The molecule has 1 heterocycles. The first-order valence-corrected chi connectivity index (χ1v) is 7.34. The molecule has 0 spiro atoms. The summed E-state index contributed by atoms with van der Waals surface area (Å²) in [7, 11) is 0. The van der Waals surface area contributed by atoms with Gasteiger partial charge in [-0.05, 0) is 30.7 Å². The van der Waals surface area contributed by atoms with Crippen molar-refractivity contribution in [2.45, 2.75) is 12.8 Å². The van der Waals surface area contributed by atoms with Crippen molar-refractivity contribution in [2.75, 3.05) is 4.90 Å². The van der Waals surface area contributed by atoms with Crippen LogP contribution in [0.25, 0.3) is 0 Å². The lowest BCUT2D eigenvalue weighted by atomic mass is 9.97. The Labute approximate surface area is 138 Å². The average molecular weight is 322 g/mol. The van der Waals surface area contributed by atoms with Gasteiger partial charge < -0.3 is 0 Å². The van der Waals surface area contributed by atoms with E-state index < -0.39 is 23.8 Å². The van der Waals surface area contributed by atoms with Crippen molar-refractivity contribution in [1.29, 1.82) is 0 Å². The average Bonchev–Trinajstić information content (AvgIpc) is 2.87. The topological polar surface area (TPSA) is 83.6 Å². The number of imide groups is 2. The van der Waals surface area contributed by atoms with Crippen LogP contribution in [-0.4, -0.2) is 23.6 Å². The quantitative estimate of drug-likeness (QED) is 0.860. The van der Waals surface area contributed by atoms with Crippen LogP contribution in [0.15, 0.2) is 54.6 Å². The lowest BCUT2D eigenvalue weighted by molar-refractivity contribution is -0.126. The molecule has 0 radical (unpaired) electrons. The Kier molecular flexibility index (Phi) is 3.95. The molecule has 3 rings (SSSR count). The van der Waals surface area contributed by atoms with Gasteiger partial charge in [0.25, 0.3) is 5.91 Å². The number of Topliss-reactive ketones (excluding diaryl/α,β-unsaturated/α-hetero) is 1. The fraction of sp³-hybridized carbons (Fsp3) is 0.111. The van der Waals surface area contributed by atoms with Crippen LogP contribution in [0.1, 0.15) is 28.8 Å². The summed E-state index contributed by atoms with van der Waals surface area (Å²) in [6.45, 7) is 1.30. The van der Waals surface area contributed by atoms with E-state index in [1.54, 1.807) is 54.6 Å². The van der Waals surface area contributed by atoms with Crippen molar-refractivity contribution in [3.8, 4) is 0 Å². The zero-order valence-corrected chi connectivity index (χ0v) is 12.9. The van der Waals surface area contributed by atoms with Gasteiger partial charge in [-0.3, -0.25) is 19.7 Å². The molecular formula is C18H14N2O4. The molecular weight excluding hydrogens is 308 g/mol. The number of para-hydroxylation sites is 1. The van der Waals surface area contributed by atoms with Gasteiger partial charge in [0.15, 0.2) is 0 Å². The maximum absolute atomic E-state index is 12.5. The minimum atomic E-state index is -1.02. The molecule has 0 aliphatic carbocycles. The van der Waals surface area contributed by atoms with Crippen LogP contribution in [0.5, 0.6) is 0 Å². The van der Waals surface area contributed by atoms with Crippen LogP contribution in [0.3, 0.4) is 0 Å². The van der Waals surface area contributed by atoms with E-state index in [1.807, 2.05) is 0 Å². The van der Waals surface area contributed by atoms with Crippen molar-refractivity contribution in [2.24, 2.45) is 0 Å². The Morgan fingerprint density at radius 3 is 2.25 bits per heavy atom. The third-order valence-electron chi connectivity index (χ3n) is 3.82. The number of rotatable bonds is 2. The molecule has 0 bridgehead atoms. The summed E-state index contributed by atoms with van der Waals surface area (Å²) in [5.74, 6) is -2.63. The maximum Gasteiger partial charge on any atom is 0.335 e. The van der Waals surface area contributed by atoms with Gasteiger partial charge in [0.1, 0.15) is 11.7 Å². The van der Waals surface area contributed by atoms with Gasteiger partial charge in [-0.1, -0.05) is 36.4 Å². The Morgan fingerprint density at radius 2 is 1.58 bits per heavy atom. The molecule has 24 heavy (non-hydrogen) atoms. The first-order chi connectivity index (χ1) is 11.5. The molecule has 0 aromatic heterocycles. The fourth-order valence-corrected chi connectivity index (χ4v) is 2.73. The van der Waals surface area contributed by atoms with Gasteiger partial charge in [-0.15, -0.1) is 0 Å². The highest BCUT2D eigenvalue weighted by atomic mass is 16.2. The molecule has 0 fully saturated rings. The monoisotopic (exact) mass is 322 g/mol. The summed E-state index contributed by atoms with van der Waals surface area (Å²) in [5.41, 5.74) is 1.09. The second-order valence-electron chi connectivity index (χ2n) is 5.40. The van der Waals surface area contributed by atoms with Gasteiger partial charge in [-0.25, -0.2) is 9.69 Å². The van der Waals surface area contributed by atoms with Crippen LogP contribution >= 0.6 is 0 Å². The standard InChI is InChI=1S/C18H14N2O4/c1-11(21)15-13-9-5-6-10-14(13)20(17(15)23)18(24)19-16(22)12-7-3-2-4-8-12/h2-10,15H,1H3,(H,19,22,24). The van der Waals surface area contributed by atoms with Crippen molar-refractivity contribution in [1.82, 2.24) is 5.32 Å². The third-order valence-corrected chi connectivity index (χ3v) is 3.82. The normalized spacial score (nSPS) is 15.8. The summed E-state index contributed by atoms with van der Waals surface area (Å²) < 4.78 is 0. The van der Waals surface area contributed by atoms with Crippen molar-refractivity contribution >= 4 is 29.3 Å². The number of benzene rings is 2. The number of carbonyl (C=O) groups excluding carboxylic acids is 4. The molecule has 2 aromatic rings. The van der Waals surface area contributed by atoms with E-state index in [4.69, 9.17) is 0 Å². The molecule has 6 heteroatoms. The fourth-order valence-electron chi connectivity index (χ4n) is 2.73. The lowest BCUT2D eigenvalue weighted by Gasteiger charge is -2.16. The Hall–Kier alpha value is -3.28. The maximum atomic E-state index is 12.5. The molecule has 0 saturated heterocycles. The SMILES string of the molecule is CC(=O)C1C(=O)N(C(=O)NC(=O)c2ccccc2)c2ccccc21. The molecule has 120 valence electrons. The molecule has 1 unspecified atom stereocenters. The van der Waals surface area contributed by atoms with Crippen molar-refractivity contribution in [3.05, 3.63) is 65.7 Å². The number of nitrogens with one attached hydrogen (secondary N) is 1.